The highest BCUT2D eigenvalue weighted by molar-refractivity contribution is 7.80. The second-order valence-electron chi connectivity index (χ2n) is 2.90. The topological polar surface area (TPSA) is 49.3 Å². The molecular formula is C7H15NO2S. The quantitative estimate of drug-likeness (QED) is 0.443. The van der Waals surface area contributed by atoms with Crippen molar-refractivity contribution in [2.75, 3.05) is 0 Å². The maximum absolute atomic E-state index is 10.6. The van der Waals surface area contributed by atoms with Crippen molar-refractivity contribution in [3.63, 3.8) is 0 Å². The van der Waals surface area contributed by atoms with E-state index in [1.807, 2.05) is 13.8 Å². The highest BCUT2D eigenvalue weighted by Crippen LogP contribution is 2.03. The molecule has 0 amide bonds. The molecule has 66 valence electrons. The van der Waals surface area contributed by atoms with E-state index in [0.29, 0.717) is 0 Å². The third-order valence-electron chi connectivity index (χ3n) is 1.35. The van der Waals surface area contributed by atoms with Gasteiger partial charge >= 0.3 is 5.97 Å². The molecule has 0 aromatic heterocycles. The summed E-state index contributed by atoms with van der Waals surface area (Å²) >= 11 is 4.05. The number of thiol groups is 1. The maximum Gasteiger partial charge on any atom is 0.320 e. The van der Waals surface area contributed by atoms with Gasteiger partial charge in [0.05, 0.1) is 0 Å². The van der Waals surface area contributed by atoms with Gasteiger partial charge in [0.1, 0.15) is 6.04 Å². The Morgan fingerprint density at radius 3 is 2.00 bits per heavy atom. The van der Waals surface area contributed by atoms with Crippen LogP contribution in [-0.4, -0.2) is 22.5 Å². The monoisotopic (exact) mass is 177 g/mol. The average Bonchev–Trinajstić information content (AvgIpc) is 1.81. The van der Waals surface area contributed by atoms with Gasteiger partial charge in [0.25, 0.3) is 0 Å². The van der Waals surface area contributed by atoms with Crippen molar-refractivity contribution >= 4 is 18.6 Å². The molecule has 3 nitrogen and oxygen atoms in total. The second-order valence-corrected chi connectivity index (χ2v) is 3.68. The zero-order valence-electron chi connectivity index (χ0n) is 7.03. The summed E-state index contributed by atoms with van der Waals surface area (Å²) in [5, 5.41) is 11.5. The van der Waals surface area contributed by atoms with Gasteiger partial charge in [-0.15, -0.1) is 0 Å². The molecule has 0 aliphatic heterocycles. The van der Waals surface area contributed by atoms with Gasteiger partial charge in [0.15, 0.2) is 0 Å². The van der Waals surface area contributed by atoms with Crippen LogP contribution in [0.2, 0.25) is 0 Å². The van der Waals surface area contributed by atoms with E-state index in [-0.39, 0.29) is 11.3 Å². The molecule has 1 unspecified atom stereocenters. The zero-order valence-corrected chi connectivity index (χ0v) is 7.93. The lowest BCUT2D eigenvalue weighted by atomic mass is 10.1. The summed E-state index contributed by atoms with van der Waals surface area (Å²) in [5.74, 6) is -0.733. The molecule has 0 rings (SSSR count). The molecule has 0 aliphatic rings. The van der Waals surface area contributed by atoms with Crippen LogP contribution in [0, 0.1) is 5.92 Å². The Balaban J connectivity index is 4.01. The third kappa shape index (κ3) is 4.27. The SMILES string of the molecule is CC(S)N[C@H](C(=O)O)C(C)C. The lowest BCUT2D eigenvalue weighted by Gasteiger charge is -2.19. The molecule has 2 N–H and O–H groups in total. The summed E-state index contributed by atoms with van der Waals surface area (Å²) in [6.45, 7) is 5.53. The van der Waals surface area contributed by atoms with Crippen molar-refractivity contribution < 1.29 is 9.90 Å². The molecule has 4 heteroatoms. The molecule has 0 heterocycles. The molecule has 0 saturated carbocycles. The van der Waals surface area contributed by atoms with Crippen LogP contribution in [0.25, 0.3) is 0 Å². The first-order valence-corrected chi connectivity index (χ1v) is 4.13. The summed E-state index contributed by atoms with van der Waals surface area (Å²) in [6, 6.07) is -0.498. The van der Waals surface area contributed by atoms with Crippen molar-refractivity contribution in [3.8, 4) is 0 Å². The van der Waals surface area contributed by atoms with Gasteiger partial charge in [0, 0.05) is 5.37 Å². The van der Waals surface area contributed by atoms with Crippen LogP contribution in [0.5, 0.6) is 0 Å². The van der Waals surface area contributed by atoms with Crippen LogP contribution >= 0.6 is 12.6 Å². The van der Waals surface area contributed by atoms with E-state index in [0.717, 1.165) is 0 Å². The van der Waals surface area contributed by atoms with Crippen molar-refractivity contribution in [2.24, 2.45) is 5.92 Å². The van der Waals surface area contributed by atoms with Gasteiger partial charge in [-0.3, -0.25) is 10.1 Å². The lowest BCUT2D eigenvalue weighted by Crippen LogP contribution is -2.43. The average molecular weight is 177 g/mol. The number of carbonyl (C=O) groups is 1. The zero-order chi connectivity index (χ0) is 9.02. The molecule has 0 fully saturated rings. The van der Waals surface area contributed by atoms with Crippen LogP contribution in [0.1, 0.15) is 20.8 Å². The van der Waals surface area contributed by atoms with Crippen LogP contribution in [0.3, 0.4) is 0 Å². The van der Waals surface area contributed by atoms with Gasteiger partial charge in [-0.05, 0) is 12.8 Å². The number of carboxylic acids is 1. The minimum atomic E-state index is -0.819. The molecule has 11 heavy (non-hydrogen) atoms. The minimum absolute atomic E-state index is 0.0847. The van der Waals surface area contributed by atoms with E-state index in [4.69, 9.17) is 5.11 Å². The van der Waals surface area contributed by atoms with E-state index < -0.39 is 12.0 Å². The molecule has 0 radical (unpaired) electrons. The summed E-state index contributed by atoms with van der Waals surface area (Å²) in [6.07, 6.45) is 0. The fourth-order valence-electron chi connectivity index (χ4n) is 0.809. The molecule has 0 aliphatic carbocycles. The van der Waals surface area contributed by atoms with Crippen LogP contribution in [-0.2, 0) is 4.79 Å². The summed E-state index contributed by atoms with van der Waals surface area (Å²) in [7, 11) is 0. The number of hydrogen-bond acceptors (Lipinski definition) is 3. The largest absolute Gasteiger partial charge is 0.480 e. The van der Waals surface area contributed by atoms with Crippen LogP contribution in [0.4, 0.5) is 0 Å². The predicted molar refractivity (Wildman–Crippen MR) is 47.8 cm³/mol. The van der Waals surface area contributed by atoms with E-state index in [9.17, 15) is 4.79 Å². The Labute approximate surface area is 72.6 Å². The standard InChI is InChI=1S/C7H15NO2S/c1-4(2)6(7(9)10)8-5(3)11/h4-6,8,11H,1-3H3,(H,9,10)/t5?,6-/m0/s1. The Morgan fingerprint density at radius 2 is 1.91 bits per heavy atom. The Morgan fingerprint density at radius 1 is 1.45 bits per heavy atom. The number of rotatable bonds is 4. The third-order valence-corrected chi connectivity index (χ3v) is 1.50. The van der Waals surface area contributed by atoms with Gasteiger partial charge < -0.3 is 5.11 Å². The molecule has 0 aromatic carbocycles. The van der Waals surface area contributed by atoms with Crippen molar-refractivity contribution in [2.45, 2.75) is 32.2 Å². The van der Waals surface area contributed by atoms with E-state index >= 15 is 0 Å². The maximum atomic E-state index is 10.6. The minimum Gasteiger partial charge on any atom is -0.480 e. The Bertz CT molecular complexity index is 136. The molecule has 0 spiro atoms. The second kappa shape index (κ2) is 4.62. The summed E-state index contributed by atoms with van der Waals surface area (Å²) in [4.78, 5) is 10.6. The van der Waals surface area contributed by atoms with Crippen LogP contribution < -0.4 is 5.32 Å². The summed E-state index contributed by atoms with van der Waals surface area (Å²) in [5.41, 5.74) is 0. The van der Waals surface area contributed by atoms with Crippen molar-refractivity contribution in [3.05, 3.63) is 0 Å². The smallest absolute Gasteiger partial charge is 0.320 e. The molecule has 0 aromatic rings. The van der Waals surface area contributed by atoms with Gasteiger partial charge in [-0.2, -0.15) is 12.6 Å². The van der Waals surface area contributed by atoms with Gasteiger partial charge in [-0.25, -0.2) is 0 Å². The highest BCUT2D eigenvalue weighted by Gasteiger charge is 2.21. The van der Waals surface area contributed by atoms with E-state index in [1.54, 1.807) is 6.92 Å². The number of nitrogens with one attached hydrogen (secondary N) is 1. The van der Waals surface area contributed by atoms with Crippen LogP contribution in [0.15, 0.2) is 0 Å². The van der Waals surface area contributed by atoms with Crippen molar-refractivity contribution in [1.82, 2.24) is 5.32 Å². The Kier molecular flexibility index (Phi) is 4.52. The normalized spacial score (nSPS) is 16.5. The number of carboxylic acid groups (broad SMARTS) is 1. The van der Waals surface area contributed by atoms with Crippen molar-refractivity contribution in [1.29, 1.82) is 0 Å². The first-order chi connectivity index (χ1) is 4.95. The number of hydrogen-bond donors (Lipinski definition) is 3. The molecular weight excluding hydrogens is 162 g/mol. The lowest BCUT2D eigenvalue weighted by molar-refractivity contribution is -0.140. The van der Waals surface area contributed by atoms with E-state index in [1.165, 1.54) is 0 Å². The van der Waals surface area contributed by atoms with Gasteiger partial charge in [-0.1, -0.05) is 13.8 Å². The molecule has 0 bridgehead atoms. The molecule has 0 saturated heterocycles. The molecule has 2 atom stereocenters. The first-order valence-electron chi connectivity index (χ1n) is 3.62. The highest BCUT2D eigenvalue weighted by atomic mass is 32.1. The van der Waals surface area contributed by atoms with Gasteiger partial charge in [0.2, 0.25) is 0 Å². The summed E-state index contributed by atoms with van der Waals surface area (Å²) < 4.78 is 0. The first kappa shape index (κ1) is 10.8. The fraction of sp³-hybridized carbons (Fsp3) is 0.857. The number of aliphatic carboxylic acids is 1. The fourth-order valence-corrected chi connectivity index (χ4v) is 0.969. The van der Waals surface area contributed by atoms with E-state index in [2.05, 4.69) is 17.9 Å². The predicted octanol–water partition coefficient (Wildman–Crippen LogP) is 0.961. The Hall–Kier alpha value is -0.220.